The van der Waals surface area contributed by atoms with Crippen molar-refractivity contribution >= 4 is 29.3 Å². The van der Waals surface area contributed by atoms with E-state index in [9.17, 15) is 4.79 Å². The highest BCUT2D eigenvalue weighted by Gasteiger charge is 2.32. The number of hydrogen-bond acceptors (Lipinski definition) is 5. The Bertz CT molecular complexity index is 818. The van der Waals surface area contributed by atoms with Gasteiger partial charge in [0.25, 0.3) is 0 Å². The molecule has 6 nitrogen and oxygen atoms in total. The number of carbonyl (C=O) groups excluding carboxylic acids is 1. The first kappa shape index (κ1) is 18.6. The summed E-state index contributed by atoms with van der Waals surface area (Å²) < 4.78 is 7.98. The van der Waals surface area contributed by atoms with E-state index in [1.54, 1.807) is 6.07 Å². The molecule has 1 saturated carbocycles. The fraction of sp³-hybridized carbons (Fsp3) is 0.526. The molecule has 2 aliphatic rings. The highest BCUT2D eigenvalue weighted by Crippen LogP contribution is 2.40. The van der Waals surface area contributed by atoms with E-state index >= 15 is 0 Å². The maximum atomic E-state index is 12.6. The zero-order chi connectivity index (χ0) is 18.8. The predicted octanol–water partition coefficient (Wildman–Crippen LogP) is 3.95. The topological polar surface area (TPSA) is 60.3 Å². The summed E-state index contributed by atoms with van der Waals surface area (Å²) in [4.78, 5) is 14.6. The molecule has 0 radical (unpaired) electrons. The van der Waals surface area contributed by atoms with Crippen LogP contribution in [0.1, 0.15) is 44.5 Å². The van der Waals surface area contributed by atoms with Gasteiger partial charge in [-0.2, -0.15) is 0 Å². The van der Waals surface area contributed by atoms with E-state index in [4.69, 9.17) is 16.3 Å². The Kier molecular flexibility index (Phi) is 5.59. The molecule has 4 rings (SSSR count). The summed E-state index contributed by atoms with van der Waals surface area (Å²) in [5, 5.41) is 9.90. The first-order chi connectivity index (χ1) is 13.1. The number of rotatable bonds is 7. The number of hydrogen-bond donors (Lipinski definition) is 0. The summed E-state index contributed by atoms with van der Waals surface area (Å²) >= 11 is 7.66. The van der Waals surface area contributed by atoms with Crippen molar-refractivity contribution in [1.29, 1.82) is 0 Å². The molecular weight excluding hydrogens is 384 g/mol. The molecule has 2 aromatic rings. The number of halogens is 1. The van der Waals surface area contributed by atoms with Crippen LogP contribution in [0.15, 0.2) is 29.4 Å². The molecule has 144 valence electrons. The number of carbonyl (C=O) groups is 1. The van der Waals surface area contributed by atoms with Crippen molar-refractivity contribution < 1.29 is 9.53 Å². The van der Waals surface area contributed by atoms with E-state index in [2.05, 4.69) is 14.8 Å². The second-order valence-electron chi connectivity index (χ2n) is 7.01. The summed E-state index contributed by atoms with van der Waals surface area (Å²) in [6.45, 7) is 4.01. The van der Waals surface area contributed by atoms with Gasteiger partial charge < -0.3 is 9.64 Å². The van der Waals surface area contributed by atoms with Crippen LogP contribution in [0, 0.1) is 0 Å². The minimum atomic E-state index is -0.165. The quantitative estimate of drug-likeness (QED) is 0.651. The van der Waals surface area contributed by atoms with Crippen molar-refractivity contribution in [3.8, 4) is 5.75 Å². The Labute approximate surface area is 168 Å². The molecule has 1 aromatic heterocycles. The summed E-state index contributed by atoms with van der Waals surface area (Å²) in [6, 6.07) is 7.80. The van der Waals surface area contributed by atoms with Gasteiger partial charge in [0.15, 0.2) is 11.0 Å². The first-order valence-corrected chi connectivity index (χ1v) is 10.7. The van der Waals surface area contributed by atoms with Crippen LogP contribution in [0.5, 0.6) is 5.75 Å². The van der Waals surface area contributed by atoms with Crippen molar-refractivity contribution in [3.05, 3.63) is 35.1 Å². The van der Waals surface area contributed by atoms with Crippen LogP contribution >= 0.6 is 23.4 Å². The van der Waals surface area contributed by atoms with Crippen LogP contribution in [0.4, 0.5) is 0 Å². The second-order valence-corrected chi connectivity index (χ2v) is 8.73. The average Bonchev–Trinajstić information content (AvgIpc) is 3.20. The van der Waals surface area contributed by atoms with Crippen LogP contribution in [-0.2, 0) is 11.4 Å². The SMILES string of the molecule is CC(Sc1nnc(COc2ccccc2Cl)n1C1CC1)C(=O)N1CCCC1. The largest absolute Gasteiger partial charge is 0.484 e. The molecule has 27 heavy (non-hydrogen) atoms. The fourth-order valence-corrected chi connectivity index (χ4v) is 4.51. The van der Waals surface area contributed by atoms with Crippen LogP contribution in [0.2, 0.25) is 5.02 Å². The Morgan fingerprint density at radius 2 is 2.04 bits per heavy atom. The molecule has 1 aromatic carbocycles. The lowest BCUT2D eigenvalue weighted by atomic mass is 10.3. The number of likely N-dealkylation sites (tertiary alicyclic amines) is 1. The van der Waals surface area contributed by atoms with Crippen LogP contribution in [0.25, 0.3) is 0 Å². The van der Waals surface area contributed by atoms with Gasteiger partial charge >= 0.3 is 0 Å². The second kappa shape index (κ2) is 8.10. The molecule has 1 amide bonds. The molecule has 0 bridgehead atoms. The van der Waals surface area contributed by atoms with Crippen molar-refractivity contribution in [2.45, 2.75) is 55.7 Å². The van der Waals surface area contributed by atoms with E-state index in [-0.39, 0.29) is 11.2 Å². The lowest BCUT2D eigenvalue weighted by Gasteiger charge is -2.20. The smallest absolute Gasteiger partial charge is 0.235 e. The highest BCUT2D eigenvalue weighted by molar-refractivity contribution is 8.00. The van der Waals surface area contributed by atoms with E-state index < -0.39 is 0 Å². The molecule has 1 unspecified atom stereocenters. The monoisotopic (exact) mass is 406 g/mol. The molecule has 1 aliphatic carbocycles. The number of ether oxygens (including phenoxy) is 1. The first-order valence-electron chi connectivity index (χ1n) is 9.40. The Balaban J connectivity index is 1.46. The van der Waals surface area contributed by atoms with Crippen molar-refractivity contribution in [1.82, 2.24) is 19.7 Å². The number of benzene rings is 1. The van der Waals surface area contributed by atoms with Crippen molar-refractivity contribution in [2.24, 2.45) is 0 Å². The minimum absolute atomic E-state index is 0.165. The Morgan fingerprint density at radius 1 is 1.30 bits per heavy atom. The van der Waals surface area contributed by atoms with E-state index in [0.717, 1.165) is 49.8 Å². The number of thioether (sulfide) groups is 1. The predicted molar refractivity (Wildman–Crippen MR) is 105 cm³/mol. The Hall–Kier alpha value is -1.73. The molecule has 0 N–H and O–H groups in total. The molecule has 1 aliphatic heterocycles. The molecule has 1 saturated heterocycles. The normalized spacial score (nSPS) is 17.9. The lowest BCUT2D eigenvalue weighted by Crippen LogP contribution is -2.34. The number of amides is 1. The molecule has 2 heterocycles. The van der Waals surface area contributed by atoms with Gasteiger partial charge in [0.05, 0.1) is 10.3 Å². The summed E-state index contributed by atoms with van der Waals surface area (Å²) in [5.74, 6) is 1.61. The van der Waals surface area contributed by atoms with Gasteiger partial charge in [-0.1, -0.05) is 35.5 Å². The lowest BCUT2D eigenvalue weighted by molar-refractivity contribution is -0.129. The maximum Gasteiger partial charge on any atom is 0.235 e. The number of aromatic nitrogens is 3. The fourth-order valence-electron chi connectivity index (χ4n) is 3.29. The molecular formula is C19H23ClN4O2S. The van der Waals surface area contributed by atoms with Gasteiger partial charge in [0, 0.05) is 19.1 Å². The molecule has 0 spiro atoms. The number of nitrogens with zero attached hydrogens (tertiary/aromatic N) is 4. The van der Waals surface area contributed by atoms with Crippen LogP contribution < -0.4 is 4.74 Å². The van der Waals surface area contributed by atoms with E-state index in [0.29, 0.717) is 23.4 Å². The zero-order valence-corrected chi connectivity index (χ0v) is 16.9. The summed E-state index contributed by atoms with van der Waals surface area (Å²) in [7, 11) is 0. The molecule has 1 atom stereocenters. The standard InChI is InChI=1S/C19H23ClN4O2S/c1-13(18(25)23-10-4-5-11-23)27-19-22-21-17(24(19)14-8-9-14)12-26-16-7-3-2-6-15(16)20/h2-3,6-7,13-14H,4-5,8-12H2,1H3. The third-order valence-corrected chi connectivity index (χ3v) is 6.24. The van der Waals surface area contributed by atoms with Gasteiger partial charge in [0.2, 0.25) is 5.91 Å². The van der Waals surface area contributed by atoms with Gasteiger partial charge in [-0.05, 0) is 44.7 Å². The van der Waals surface area contributed by atoms with Crippen molar-refractivity contribution in [2.75, 3.05) is 13.1 Å². The molecule has 2 fully saturated rings. The third-order valence-electron chi connectivity index (χ3n) is 4.89. The van der Waals surface area contributed by atoms with E-state index in [1.807, 2.05) is 30.0 Å². The van der Waals surface area contributed by atoms with Crippen molar-refractivity contribution in [3.63, 3.8) is 0 Å². The van der Waals surface area contributed by atoms with Gasteiger partial charge in [-0.15, -0.1) is 10.2 Å². The van der Waals surface area contributed by atoms with Crippen LogP contribution in [-0.4, -0.2) is 43.9 Å². The Morgan fingerprint density at radius 3 is 2.74 bits per heavy atom. The zero-order valence-electron chi connectivity index (χ0n) is 15.3. The third kappa shape index (κ3) is 4.24. The van der Waals surface area contributed by atoms with Crippen LogP contribution in [0.3, 0.4) is 0 Å². The highest BCUT2D eigenvalue weighted by atomic mass is 35.5. The summed E-state index contributed by atoms with van der Waals surface area (Å²) in [6.07, 6.45) is 4.42. The number of para-hydroxylation sites is 1. The van der Waals surface area contributed by atoms with Gasteiger partial charge in [-0.3, -0.25) is 9.36 Å². The summed E-state index contributed by atoms with van der Waals surface area (Å²) in [5.41, 5.74) is 0. The molecule has 8 heteroatoms. The maximum absolute atomic E-state index is 12.6. The average molecular weight is 407 g/mol. The van der Waals surface area contributed by atoms with Gasteiger partial charge in [0.1, 0.15) is 12.4 Å². The van der Waals surface area contributed by atoms with Gasteiger partial charge in [-0.25, -0.2) is 0 Å². The minimum Gasteiger partial charge on any atom is -0.484 e. The van der Waals surface area contributed by atoms with E-state index in [1.165, 1.54) is 11.8 Å².